The van der Waals surface area contributed by atoms with E-state index < -0.39 is 6.04 Å². The maximum absolute atomic E-state index is 12.8. The second kappa shape index (κ2) is 11.4. The molecule has 0 aliphatic rings. The minimum absolute atomic E-state index is 0.0226. The van der Waals surface area contributed by atoms with Crippen molar-refractivity contribution >= 4 is 23.6 Å². The van der Waals surface area contributed by atoms with Gasteiger partial charge in [0.1, 0.15) is 11.8 Å². The Hall–Kier alpha value is -2.47. The second-order valence-electron chi connectivity index (χ2n) is 6.45. The van der Waals surface area contributed by atoms with E-state index in [-0.39, 0.29) is 11.8 Å². The average molecular weight is 401 g/mol. The Kier molecular flexibility index (Phi) is 8.88. The highest BCUT2D eigenvalue weighted by molar-refractivity contribution is 7.99. The van der Waals surface area contributed by atoms with Crippen LogP contribution in [-0.4, -0.2) is 49.2 Å². The monoisotopic (exact) mass is 400 g/mol. The van der Waals surface area contributed by atoms with Crippen LogP contribution in [0.3, 0.4) is 0 Å². The summed E-state index contributed by atoms with van der Waals surface area (Å²) in [5.41, 5.74) is 2.28. The number of carbonyl (C=O) groups excluding carboxylic acids is 2. The number of amides is 2. The first-order valence-electron chi connectivity index (χ1n) is 9.30. The zero-order chi connectivity index (χ0) is 20.4. The molecule has 0 aliphatic carbocycles. The van der Waals surface area contributed by atoms with Gasteiger partial charge in [-0.2, -0.15) is 0 Å². The Balaban J connectivity index is 1.93. The number of thioether (sulfide) groups is 1. The number of ether oxygens (including phenoxy) is 1. The fraction of sp³-hybridized carbons (Fsp3) is 0.364. The zero-order valence-electron chi connectivity index (χ0n) is 16.7. The molecule has 0 heterocycles. The van der Waals surface area contributed by atoms with Crippen LogP contribution in [0.5, 0.6) is 5.75 Å². The molecule has 0 saturated heterocycles. The molecule has 0 radical (unpaired) electrons. The second-order valence-corrected chi connectivity index (χ2v) is 7.44. The van der Waals surface area contributed by atoms with Crippen LogP contribution in [0, 0.1) is 0 Å². The maximum atomic E-state index is 12.8. The zero-order valence-corrected chi connectivity index (χ0v) is 17.5. The van der Waals surface area contributed by atoms with E-state index in [4.69, 9.17) is 4.74 Å². The Morgan fingerprint density at radius 3 is 2.36 bits per heavy atom. The van der Waals surface area contributed by atoms with Gasteiger partial charge in [-0.05, 0) is 36.6 Å². The molecule has 0 spiro atoms. The van der Waals surface area contributed by atoms with Crippen molar-refractivity contribution in [3.05, 3.63) is 65.7 Å². The number of methoxy groups -OCH3 is 1. The molecule has 28 heavy (non-hydrogen) atoms. The molecule has 1 N–H and O–H groups in total. The van der Waals surface area contributed by atoms with E-state index in [9.17, 15) is 9.59 Å². The Bertz CT molecular complexity index is 750. The van der Waals surface area contributed by atoms with Crippen LogP contribution in [0.15, 0.2) is 54.6 Å². The normalized spacial score (nSPS) is 11.5. The van der Waals surface area contributed by atoms with Gasteiger partial charge >= 0.3 is 0 Å². The number of nitrogens with zero attached hydrogens (tertiary/aromatic N) is 1. The Labute approximate surface area is 171 Å². The first-order chi connectivity index (χ1) is 13.5. The highest BCUT2D eigenvalue weighted by atomic mass is 32.2. The van der Waals surface area contributed by atoms with Gasteiger partial charge in [0.2, 0.25) is 11.8 Å². The number of hydrogen-bond donors (Lipinski definition) is 1. The number of likely N-dealkylation sites (N-methyl/N-ethyl adjacent to an activating group) is 1. The van der Waals surface area contributed by atoms with Crippen molar-refractivity contribution in [3.8, 4) is 5.75 Å². The van der Waals surface area contributed by atoms with Gasteiger partial charge in [0.25, 0.3) is 0 Å². The van der Waals surface area contributed by atoms with Crippen molar-refractivity contribution in [2.45, 2.75) is 25.1 Å². The van der Waals surface area contributed by atoms with Gasteiger partial charge in [-0.25, -0.2) is 0 Å². The smallest absolute Gasteiger partial charge is 0.242 e. The minimum Gasteiger partial charge on any atom is -0.497 e. The maximum Gasteiger partial charge on any atom is 0.242 e. The van der Waals surface area contributed by atoms with Crippen molar-refractivity contribution in [1.29, 1.82) is 0 Å². The van der Waals surface area contributed by atoms with E-state index in [1.165, 1.54) is 0 Å². The number of hydrogen-bond acceptors (Lipinski definition) is 4. The highest BCUT2D eigenvalue weighted by Crippen LogP contribution is 2.17. The third-order valence-electron chi connectivity index (χ3n) is 4.55. The summed E-state index contributed by atoms with van der Waals surface area (Å²) in [5.74, 6) is 1.71. The van der Waals surface area contributed by atoms with E-state index in [1.807, 2.05) is 54.6 Å². The summed E-state index contributed by atoms with van der Waals surface area (Å²) >= 11 is 1.55. The molecule has 0 aromatic heterocycles. The molecule has 2 rings (SSSR count). The van der Waals surface area contributed by atoms with Crippen LogP contribution in [0.1, 0.15) is 18.1 Å². The number of carbonyl (C=O) groups is 2. The fourth-order valence-corrected chi connectivity index (χ4v) is 3.71. The van der Waals surface area contributed by atoms with Crippen LogP contribution in [0.2, 0.25) is 0 Å². The molecule has 0 saturated carbocycles. The summed E-state index contributed by atoms with van der Waals surface area (Å²) in [6.07, 6.45) is 0.719. The van der Waals surface area contributed by atoms with E-state index in [2.05, 4.69) is 5.32 Å². The van der Waals surface area contributed by atoms with Crippen molar-refractivity contribution < 1.29 is 14.3 Å². The molecule has 0 aliphatic heterocycles. The third kappa shape index (κ3) is 6.60. The predicted molar refractivity (Wildman–Crippen MR) is 115 cm³/mol. The summed E-state index contributed by atoms with van der Waals surface area (Å²) in [4.78, 5) is 26.6. The van der Waals surface area contributed by atoms with Gasteiger partial charge < -0.3 is 15.0 Å². The quantitative estimate of drug-likeness (QED) is 0.666. The molecule has 2 aromatic rings. The van der Waals surface area contributed by atoms with E-state index in [1.54, 1.807) is 37.7 Å². The fourth-order valence-electron chi connectivity index (χ4n) is 2.84. The molecule has 6 heteroatoms. The van der Waals surface area contributed by atoms with Gasteiger partial charge in [-0.1, -0.05) is 42.5 Å². The van der Waals surface area contributed by atoms with Gasteiger partial charge in [-0.15, -0.1) is 11.8 Å². The summed E-state index contributed by atoms with van der Waals surface area (Å²) in [6, 6.07) is 17.3. The molecule has 0 bridgehead atoms. The van der Waals surface area contributed by atoms with Crippen molar-refractivity contribution in [2.75, 3.05) is 26.5 Å². The Morgan fingerprint density at radius 1 is 1.07 bits per heavy atom. The van der Waals surface area contributed by atoms with E-state index in [0.29, 0.717) is 12.3 Å². The molecular weight excluding hydrogens is 372 g/mol. The average Bonchev–Trinajstić information content (AvgIpc) is 2.74. The Morgan fingerprint density at radius 2 is 1.75 bits per heavy atom. The lowest BCUT2D eigenvalue weighted by Gasteiger charge is -2.28. The van der Waals surface area contributed by atoms with Crippen LogP contribution in [0.4, 0.5) is 0 Å². The molecule has 150 valence electrons. The highest BCUT2D eigenvalue weighted by Gasteiger charge is 2.24. The van der Waals surface area contributed by atoms with Gasteiger partial charge in [0.05, 0.1) is 12.9 Å². The van der Waals surface area contributed by atoms with Crippen LogP contribution >= 0.6 is 11.8 Å². The van der Waals surface area contributed by atoms with Crippen molar-refractivity contribution in [1.82, 2.24) is 10.2 Å². The number of nitrogens with one attached hydrogen (secondary N) is 1. The van der Waals surface area contributed by atoms with Crippen LogP contribution < -0.4 is 10.1 Å². The van der Waals surface area contributed by atoms with Gasteiger partial charge in [0, 0.05) is 19.3 Å². The molecule has 0 unspecified atom stereocenters. The van der Waals surface area contributed by atoms with Crippen molar-refractivity contribution in [3.63, 3.8) is 0 Å². The lowest BCUT2D eigenvalue weighted by atomic mass is 10.1. The lowest BCUT2D eigenvalue weighted by molar-refractivity contribution is -0.137. The molecule has 5 nitrogen and oxygen atoms in total. The molecule has 1 atom stereocenters. The van der Waals surface area contributed by atoms with E-state index in [0.717, 1.165) is 29.1 Å². The van der Waals surface area contributed by atoms with Gasteiger partial charge in [0.15, 0.2) is 0 Å². The topological polar surface area (TPSA) is 58.6 Å². The van der Waals surface area contributed by atoms with Gasteiger partial charge in [-0.3, -0.25) is 9.59 Å². The summed E-state index contributed by atoms with van der Waals surface area (Å²) in [5, 5.41) is 2.64. The minimum atomic E-state index is -0.497. The largest absolute Gasteiger partial charge is 0.497 e. The number of rotatable bonds is 10. The first-order valence-corrected chi connectivity index (χ1v) is 10.5. The molecular formula is C22H28N2O3S. The number of benzene rings is 2. The first kappa shape index (κ1) is 21.8. The summed E-state index contributed by atoms with van der Waals surface area (Å²) in [7, 11) is 3.23. The third-order valence-corrected chi connectivity index (χ3v) is 5.54. The van der Waals surface area contributed by atoms with Crippen LogP contribution in [0.25, 0.3) is 0 Å². The van der Waals surface area contributed by atoms with E-state index >= 15 is 0 Å². The standard InChI is InChI=1S/C22H28N2O3S/c1-17(22(26)23-2)24(14-13-18-7-5-4-6-8-18)21(25)16-28-15-19-9-11-20(27-3)12-10-19/h4-12,17H,13-16H2,1-3H3,(H,23,26)/t17-/m1/s1. The molecule has 2 aromatic carbocycles. The predicted octanol–water partition coefficient (Wildman–Crippen LogP) is 3.13. The van der Waals surface area contributed by atoms with Crippen LogP contribution in [-0.2, 0) is 21.8 Å². The lowest BCUT2D eigenvalue weighted by Crippen LogP contribution is -2.48. The summed E-state index contributed by atoms with van der Waals surface area (Å²) in [6.45, 7) is 2.29. The molecule has 0 fully saturated rings. The summed E-state index contributed by atoms with van der Waals surface area (Å²) < 4.78 is 5.16. The van der Waals surface area contributed by atoms with Crippen molar-refractivity contribution in [2.24, 2.45) is 0 Å². The SMILES string of the molecule is CNC(=O)[C@@H](C)N(CCc1ccccc1)C(=O)CSCc1ccc(OC)cc1. The molecule has 2 amide bonds.